The van der Waals surface area contributed by atoms with Crippen molar-refractivity contribution in [1.82, 2.24) is 19.6 Å². The molecule has 9 nitrogen and oxygen atoms in total. The molecule has 9 heteroatoms. The van der Waals surface area contributed by atoms with E-state index in [-0.39, 0.29) is 40.4 Å². The molecule has 0 radical (unpaired) electrons. The van der Waals surface area contributed by atoms with Crippen LogP contribution in [0.3, 0.4) is 0 Å². The van der Waals surface area contributed by atoms with E-state index >= 15 is 0 Å². The number of amides is 1. The molecule has 1 atom stereocenters. The molecule has 5 rings (SSSR count). The zero-order chi connectivity index (χ0) is 25.4. The van der Waals surface area contributed by atoms with Crippen LogP contribution in [0.2, 0.25) is 0 Å². The molecular weight excluding hydrogens is 460 g/mol. The second-order valence-corrected chi connectivity index (χ2v) is 9.19. The molecule has 186 valence electrons. The molecule has 2 aromatic carbocycles. The maximum absolute atomic E-state index is 13.4. The van der Waals surface area contributed by atoms with Gasteiger partial charge in [-0.3, -0.25) is 14.3 Å². The van der Waals surface area contributed by atoms with E-state index in [0.29, 0.717) is 30.1 Å². The van der Waals surface area contributed by atoms with E-state index in [1.807, 2.05) is 42.3 Å². The van der Waals surface area contributed by atoms with E-state index < -0.39 is 11.3 Å². The summed E-state index contributed by atoms with van der Waals surface area (Å²) in [6, 6.07) is 13.4. The van der Waals surface area contributed by atoms with Gasteiger partial charge in [-0.2, -0.15) is 5.10 Å². The summed E-state index contributed by atoms with van der Waals surface area (Å²) in [5, 5.41) is 25.9. The molecule has 1 aliphatic heterocycles. The molecule has 0 aliphatic carbocycles. The summed E-state index contributed by atoms with van der Waals surface area (Å²) in [6.07, 6.45) is 1.66. The molecule has 0 spiro atoms. The normalized spacial score (nSPS) is 15.3. The van der Waals surface area contributed by atoms with Crippen LogP contribution in [0.1, 0.15) is 23.6 Å². The number of carbonyl (C=O) groups is 1. The fourth-order valence-corrected chi connectivity index (χ4v) is 4.84. The highest BCUT2D eigenvalue weighted by Crippen LogP contribution is 2.43. The number of hydrogen-bond acceptors (Lipinski definition) is 7. The number of benzene rings is 2. The summed E-state index contributed by atoms with van der Waals surface area (Å²) in [5.41, 5.74) is 1.23. The lowest BCUT2D eigenvalue weighted by Crippen LogP contribution is -2.47. The van der Waals surface area contributed by atoms with Gasteiger partial charge in [0.1, 0.15) is 28.2 Å². The van der Waals surface area contributed by atoms with Gasteiger partial charge in [0.25, 0.3) is 0 Å². The highest BCUT2D eigenvalue weighted by Gasteiger charge is 2.31. The topological polar surface area (TPSA) is 112 Å². The number of aromatic hydroxyl groups is 2. The van der Waals surface area contributed by atoms with E-state index in [0.717, 1.165) is 19.2 Å². The van der Waals surface area contributed by atoms with Crippen LogP contribution < -0.4 is 5.43 Å². The molecule has 4 aromatic rings. The molecule has 3 heterocycles. The minimum atomic E-state index is -0.665. The second kappa shape index (κ2) is 9.50. The van der Waals surface area contributed by atoms with Crippen molar-refractivity contribution >= 4 is 16.9 Å². The summed E-state index contributed by atoms with van der Waals surface area (Å²) in [7, 11) is 3.78. The van der Waals surface area contributed by atoms with Crippen LogP contribution in [0, 0.1) is 0 Å². The van der Waals surface area contributed by atoms with Gasteiger partial charge in [-0.05, 0) is 13.1 Å². The summed E-state index contributed by atoms with van der Waals surface area (Å²) in [5.74, 6) is -1.08. The Morgan fingerprint density at radius 2 is 1.75 bits per heavy atom. The Labute approximate surface area is 207 Å². The zero-order valence-corrected chi connectivity index (χ0v) is 20.2. The molecule has 2 N–H and O–H groups in total. The molecule has 2 aromatic heterocycles. The van der Waals surface area contributed by atoms with E-state index in [1.165, 1.54) is 6.07 Å². The summed E-state index contributed by atoms with van der Waals surface area (Å²) >= 11 is 0. The number of fused-ring (bicyclic) bond motifs is 1. The van der Waals surface area contributed by atoms with Gasteiger partial charge in [0, 0.05) is 80.7 Å². The smallest absolute Gasteiger partial charge is 0.223 e. The number of hydrogen-bond donors (Lipinski definition) is 2. The first kappa shape index (κ1) is 23.6. The molecule has 36 heavy (non-hydrogen) atoms. The van der Waals surface area contributed by atoms with Crippen LogP contribution in [0.25, 0.3) is 22.3 Å². The summed E-state index contributed by atoms with van der Waals surface area (Å²) < 4.78 is 7.84. The van der Waals surface area contributed by atoms with Crippen LogP contribution in [0.4, 0.5) is 0 Å². The van der Waals surface area contributed by atoms with Crippen LogP contribution >= 0.6 is 0 Å². The average molecular weight is 489 g/mol. The van der Waals surface area contributed by atoms with Gasteiger partial charge in [-0.1, -0.05) is 30.3 Å². The number of piperazine rings is 1. The predicted molar refractivity (Wildman–Crippen MR) is 135 cm³/mol. The fraction of sp³-hybridized carbons (Fsp3) is 0.296. The highest BCUT2D eigenvalue weighted by molar-refractivity contribution is 5.91. The first-order valence-corrected chi connectivity index (χ1v) is 11.9. The predicted octanol–water partition coefficient (Wildman–Crippen LogP) is 2.90. The van der Waals surface area contributed by atoms with E-state index in [9.17, 15) is 19.8 Å². The van der Waals surface area contributed by atoms with E-state index in [4.69, 9.17) is 4.42 Å². The number of carbonyl (C=O) groups excluding carboxylic acids is 1. The number of nitrogens with zero attached hydrogens (tertiary/aromatic N) is 4. The van der Waals surface area contributed by atoms with Crippen molar-refractivity contribution < 1.29 is 19.4 Å². The zero-order valence-electron chi connectivity index (χ0n) is 20.2. The van der Waals surface area contributed by atoms with Gasteiger partial charge >= 0.3 is 0 Å². The SMILES string of the molecule is CN1CCN(C(=O)C[C@H](c2c(O)cc(O)c3c(=O)cc(-c4ccccc4)oc23)c2ccnn2C)CC1. The van der Waals surface area contributed by atoms with Gasteiger partial charge in [0.15, 0.2) is 5.43 Å². The lowest BCUT2D eigenvalue weighted by molar-refractivity contribution is -0.133. The number of rotatable bonds is 5. The van der Waals surface area contributed by atoms with Gasteiger partial charge < -0.3 is 24.4 Å². The van der Waals surface area contributed by atoms with Crippen LogP contribution in [0.5, 0.6) is 11.5 Å². The third-order valence-electron chi connectivity index (χ3n) is 6.86. The fourth-order valence-electron chi connectivity index (χ4n) is 4.84. The third-order valence-corrected chi connectivity index (χ3v) is 6.86. The Hall–Kier alpha value is -4.11. The Balaban J connectivity index is 1.69. The Morgan fingerprint density at radius 1 is 1.03 bits per heavy atom. The van der Waals surface area contributed by atoms with Crippen LogP contribution in [-0.2, 0) is 11.8 Å². The van der Waals surface area contributed by atoms with Crippen molar-refractivity contribution in [1.29, 1.82) is 0 Å². The average Bonchev–Trinajstić information content (AvgIpc) is 3.29. The van der Waals surface area contributed by atoms with Crippen molar-refractivity contribution in [3.8, 4) is 22.8 Å². The Kier molecular flexibility index (Phi) is 6.24. The van der Waals surface area contributed by atoms with Crippen LogP contribution in [0.15, 0.2) is 63.9 Å². The van der Waals surface area contributed by atoms with Crippen molar-refractivity contribution in [3.63, 3.8) is 0 Å². The van der Waals surface area contributed by atoms with Gasteiger partial charge in [0.05, 0.1) is 0 Å². The van der Waals surface area contributed by atoms with Gasteiger partial charge in [-0.15, -0.1) is 0 Å². The number of phenols is 2. The maximum atomic E-state index is 13.4. The standard InChI is InChI=1S/C27H28N4O5/c1-29-10-12-31(13-11-29)24(35)14-18(19-8-9-28-30(19)2)25-20(32)15-21(33)26-22(34)16-23(36-27(25)26)17-6-4-3-5-7-17/h3-9,15-16,18,32-33H,10-14H2,1-2H3/t18-/m0/s1. The number of aromatic nitrogens is 2. The number of likely N-dealkylation sites (N-methyl/N-ethyl adjacent to an activating group) is 1. The molecule has 0 unspecified atom stereocenters. The molecule has 0 saturated carbocycles. The minimum absolute atomic E-state index is 0.0377. The molecule has 1 saturated heterocycles. The molecule has 1 amide bonds. The first-order valence-electron chi connectivity index (χ1n) is 11.9. The Morgan fingerprint density at radius 3 is 2.42 bits per heavy atom. The largest absolute Gasteiger partial charge is 0.507 e. The lowest BCUT2D eigenvalue weighted by Gasteiger charge is -2.33. The summed E-state index contributed by atoms with van der Waals surface area (Å²) in [6.45, 7) is 2.79. The van der Waals surface area contributed by atoms with Crippen molar-refractivity contribution in [2.45, 2.75) is 12.3 Å². The molecule has 0 bridgehead atoms. The molecule has 1 fully saturated rings. The second-order valence-electron chi connectivity index (χ2n) is 9.19. The monoisotopic (exact) mass is 488 g/mol. The first-order chi connectivity index (χ1) is 17.3. The molecule has 1 aliphatic rings. The third kappa shape index (κ3) is 4.33. The van der Waals surface area contributed by atoms with Gasteiger partial charge in [-0.25, -0.2) is 0 Å². The van der Waals surface area contributed by atoms with E-state index in [1.54, 1.807) is 24.0 Å². The number of phenolic OH excluding ortho intramolecular Hbond substituents is 2. The van der Waals surface area contributed by atoms with Crippen molar-refractivity contribution in [3.05, 3.63) is 76.2 Å². The lowest BCUT2D eigenvalue weighted by atomic mass is 9.89. The van der Waals surface area contributed by atoms with E-state index in [2.05, 4.69) is 10.00 Å². The van der Waals surface area contributed by atoms with Crippen LogP contribution in [-0.4, -0.2) is 68.9 Å². The quantitative estimate of drug-likeness (QED) is 0.444. The maximum Gasteiger partial charge on any atom is 0.223 e. The van der Waals surface area contributed by atoms with Gasteiger partial charge in [0.2, 0.25) is 5.91 Å². The summed E-state index contributed by atoms with van der Waals surface area (Å²) in [4.78, 5) is 30.5. The van der Waals surface area contributed by atoms with Crippen molar-refractivity contribution in [2.24, 2.45) is 7.05 Å². The molecular formula is C27H28N4O5. The highest BCUT2D eigenvalue weighted by atomic mass is 16.3. The Bertz CT molecular complexity index is 1470. The minimum Gasteiger partial charge on any atom is -0.507 e. The number of aryl methyl sites for hydroxylation is 1. The van der Waals surface area contributed by atoms with Crippen molar-refractivity contribution in [2.75, 3.05) is 33.2 Å².